The summed E-state index contributed by atoms with van der Waals surface area (Å²) in [5.41, 5.74) is 1.86. The van der Waals surface area contributed by atoms with E-state index < -0.39 is 5.60 Å². The molecule has 1 aliphatic carbocycles. The first kappa shape index (κ1) is 12.6. The molecule has 0 unspecified atom stereocenters. The van der Waals surface area contributed by atoms with E-state index in [1.165, 1.54) is 5.56 Å². The van der Waals surface area contributed by atoms with Crippen LogP contribution in [0.3, 0.4) is 0 Å². The topological polar surface area (TPSA) is 52.2 Å². The lowest BCUT2D eigenvalue weighted by molar-refractivity contribution is 0.0146. The number of benzene rings is 1. The lowest BCUT2D eigenvalue weighted by Crippen LogP contribution is -2.38. The third kappa shape index (κ3) is 2.65. The zero-order chi connectivity index (χ0) is 13.3. The number of H-pyrrole nitrogens is 1. The third-order valence-electron chi connectivity index (χ3n) is 4.10. The number of aromatic amines is 1. The van der Waals surface area contributed by atoms with Crippen LogP contribution < -0.4 is 0 Å². The second-order valence-corrected chi connectivity index (χ2v) is 5.86. The summed E-state index contributed by atoms with van der Waals surface area (Å²) in [4.78, 5) is 2.21. The molecule has 1 aromatic carbocycles. The first-order valence-electron chi connectivity index (χ1n) is 6.98. The van der Waals surface area contributed by atoms with E-state index in [4.69, 9.17) is 0 Å². The Balaban J connectivity index is 1.72. The Morgan fingerprint density at radius 3 is 2.95 bits per heavy atom. The smallest absolute Gasteiger partial charge is 0.0774 e. The maximum absolute atomic E-state index is 10.5. The van der Waals surface area contributed by atoms with Crippen LogP contribution in [-0.4, -0.2) is 39.4 Å². The molecule has 2 aromatic rings. The van der Waals surface area contributed by atoms with Crippen LogP contribution in [0.5, 0.6) is 0 Å². The van der Waals surface area contributed by atoms with Crippen molar-refractivity contribution in [3.63, 3.8) is 0 Å². The van der Waals surface area contributed by atoms with Gasteiger partial charge in [0.25, 0.3) is 0 Å². The van der Waals surface area contributed by atoms with Crippen LogP contribution in [0, 0.1) is 0 Å². The molecule has 3 rings (SSSR count). The first-order valence-corrected chi connectivity index (χ1v) is 6.98. The maximum atomic E-state index is 10.5. The van der Waals surface area contributed by atoms with Gasteiger partial charge in [-0.15, -0.1) is 0 Å². The monoisotopic (exact) mass is 259 g/mol. The summed E-state index contributed by atoms with van der Waals surface area (Å²) in [6, 6.07) is 6.24. The minimum Gasteiger partial charge on any atom is -0.389 e. The van der Waals surface area contributed by atoms with Crippen molar-refractivity contribution >= 4 is 10.9 Å². The molecule has 0 atom stereocenters. The third-order valence-corrected chi connectivity index (χ3v) is 4.10. The van der Waals surface area contributed by atoms with Crippen molar-refractivity contribution in [1.29, 1.82) is 0 Å². The first-order chi connectivity index (χ1) is 9.16. The van der Waals surface area contributed by atoms with E-state index >= 15 is 0 Å². The summed E-state index contributed by atoms with van der Waals surface area (Å²) in [6.45, 7) is 1.58. The molecule has 1 aromatic heterocycles. The zero-order valence-corrected chi connectivity index (χ0v) is 11.4. The van der Waals surface area contributed by atoms with Crippen LogP contribution in [0.15, 0.2) is 24.4 Å². The molecule has 1 aliphatic rings. The molecule has 0 spiro atoms. The molecule has 1 fully saturated rings. The van der Waals surface area contributed by atoms with Gasteiger partial charge < -0.3 is 5.11 Å². The molecule has 4 heteroatoms. The van der Waals surface area contributed by atoms with Crippen LogP contribution in [0.4, 0.5) is 0 Å². The fourth-order valence-corrected chi connectivity index (χ4v) is 3.20. The highest BCUT2D eigenvalue weighted by Gasteiger charge is 2.32. The highest BCUT2D eigenvalue weighted by Crippen LogP contribution is 2.30. The van der Waals surface area contributed by atoms with Gasteiger partial charge in [-0.05, 0) is 25.5 Å². The fourth-order valence-electron chi connectivity index (χ4n) is 3.20. The molecule has 102 valence electrons. The van der Waals surface area contributed by atoms with E-state index in [0.29, 0.717) is 0 Å². The van der Waals surface area contributed by atoms with Gasteiger partial charge in [-0.3, -0.25) is 10.00 Å². The Morgan fingerprint density at radius 2 is 2.16 bits per heavy atom. The molecule has 0 bridgehead atoms. The molecule has 0 aliphatic heterocycles. The average molecular weight is 259 g/mol. The summed E-state index contributed by atoms with van der Waals surface area (Å²) in [5.74, 6) is 0. The predicted molar refractivity (Wildman–Crippen MR) is 75.8 cm³/mol. The standard InChI is InChI=1S/C15H21N3O/c1-18(11-15(19)7-2-3-8-15)10-13-6-4-5-12-9-16-17-14(12)13/h4-6,9,19H,2-3,7-8,10-11H2,1H3,(H,16,17). The zero-order valence-electron chi connectivity index (χ0n) is 11.4. The Bertz CT molecular complexity index is 557. The second kappa shape index (κ2) is 4.94. The number of para-hydroxylation sites is 1. The number of hydrogen-bond acceptors (Lipinski definition) is 3. The van der Waals surface area contributed by atoms with Crippen molar-refractivity contribution in [3.8, 4) is 0 Å². The molecule has 0 amide bonds. The molecule has 0 saturated heterocycles. The molecule has 1 heterocycles. The van der Waals surface area contributed by atoms with E-state index in [-0.39, 0.29) is 0 Å². The van der Waals surface area contributed by atoms with E-state index in [1.54, 1.807) is 0 Å². The SMILES string of the molecule is CN(Cc1cccc2cn[nH]c12)CC1(O)CCCC1. The van der Waals surface area contributed by atoms with Gasteiger partial charge in [0.1, 0.15) is 0 Å². The predicted octanol–water partition coefficient (Wildman–Crippen LogP) is 2.30. The number of fused-ring (bicyclic) bond motifs is 1. The molecular formula is C15H21N3O. The highest BCUT2D eigenvalue weighted by molar-refractivity contribution is 5.81. The van der Waals surface area contributed by atoms with Gasteiger partial charge in [-0.25, -0.2) is 0 Å². The Labute approximate surface area is 113 Å². The molecule has 0 radical (unpaired) electrons. The van der Waals surface area contributed by atoms with Gasteiger partial charge in [0.2, 0.25) is 0 Å². The largest absolute Gasteiger partial charge is 0.389 e. The van der Waals surface area contributed by atoms with Gasteiger partial charge in [-0.1, -0.05) is 31.0 Å². The number of nitrogens with zero attached hydrogens (tertiary/aromatic N) is 2. The summed E-state index contributed by atoms with van der Waals surface area (Å²) in [7, 11) is 2.07. The van der Waals surface area contributed by atoms with Gasteiger partial charge >= 0.3 is 0 Å². The van der Waals surface area contributed by atoms with E-state index in [0.717, 1.165) is 49.7 Å². The quantitative estimate of drug-likeness (QED) is 0.886. The number of rotatable bonds is 4. The van der Waals surface area contributed by atoms with Crippen molar-refractivity contribution in [2.75, 3.05) is 13.6 Å². The lowest BCUT2D eigenvalue weighted by Gasteiger charge is -2.28. The van der Waals surface area contributed by atoms with Gasteiger partial charge in [0.05, 0.1) is 17.3 Å². The van der Waals surface area contributed by atoms with Crippen LogP contribution in [0.1, 0.15) is 31.2 Å². The molecule has 19 heavy (non-hydrogen) atoms. The van der Waals surface area contributed by atoms with Crippen molar-refractivity contribution in [2.24, 2.45) is 0 Å². The Morgan fingerprint density at radius 1 is 1.37 bits per heavy atom. The molecular weight excluding hydrogens is 238 g/mol. The van der Waals surface area contributed by atoms with E-state index in [1.807, 2.05) is 6.20 Å². The van der Waals surface area contributed by atoms with Crippen molar-refractivity contribution in [1.82, 2.24) is 15.1 Å². The Kier molecular flexibility index (Phi) is 3.29. The number of aromatic nitrogens is 2. The molecule has 2 N–H and O–H groups in total. The average Bonchev–Trinajstić information content (AvgIpc) is 2.98. The molecule has 4 nitrogen and oxygen atoms in total. The minimum absolute atomic E-state index is 0.476. The second-order valence-electron chi connectivity index (χ2n) is 5.86. The molecule has 1 saturated carbocycles. The summed E-state index contributed by atoms with van der Waals surface area (Å²) in [5, 5.41) is 18.7. The Hall–Kier alpha value is -1.39. The van der Waals surface area contributed by atoms with Gasteiger partial charge in [-0.2, -0.15) is 5.10 Å². The highest BCUT2D eigenvalue weighted by atomic mass is 16.3. The van der Waals surface area contributed by atoms with Crippen molar-refractivity contribution < 1.29 is 5.11 Å². The number of aliphatic hydroxyl groups is 1. The van der Waals surface area contributed by atoms with E-state index in [2.05, 4.69) is 40.3 Å². The fraction of sp³-hybridized carbons (Fsp3) is 0.533. The summed E-state index contributed by atoms with van der Waals surface area (Å²) < 4.78 is 0. The van der Waals surface area contributed by atoms with Gasteiger partial charge in [0, 0.05) is 18.5 Å². The maximum Gasteiger partial charge on any atom is 0.0774 e. The summed E-state index contributed by atoms with van der Waals surface area (Å²) in [6.07, 6.45) is 6.03. The van der Waals surface area contributed by atoms with Crippen LogP contribution >= 0.6 is 0 Å². The van der Waals surface area contributed by atoms with Crippen LogP contribution in [0.2, 0.25) is 0 Å². The normalized spacial score (nSPS) is 18.5. The van der Waals surface area contributed by atoms with Crippen molar-refractivity contribution in [2.45, 2.75) is 37.8 Å². The van der Waals surface area contributed by atoms with Crippen LogP contribution in [-0.2, 0) is 6.54 Å². The minimum atomic E-state index is -0.476. The number of likely N-dealkylation sites (N-methyl/N-ethyl adjacent to an activating group) is 1. The lowest BCUT2D eigenvalue weighted by atomic mass is 10.0. The van der Waals surface area contributed by atoms with Crippen LogP contribution in [0.25, 0.3) is 10.9 Å². The summed E-state index contributed by atoms with van der Waals surface area (Å²) >= 11 is 0. The van der Waals surface area contributed by atoms with Gasteiger partial charge in [0.15, 0.2) is 0 Å². The number of hydrogen-bond donors (Lipinski definition) is 2. The van der Waals surface area contributed by atoms with E-state index in [9.17, 15) is 5.11 Å². The number of nitrogens with one attached hydrogen (secondary N) is 1. The van der Waals surface area contributed by atoms with Crippen molar-refractivity contribution in [3.05, 3.63) is 30.0 Å².